The van der Waals surface area contributed by atoms with Crippen LogP contribution in [0.15, 0.2) is 42.5 Å². The first kappa shape index (κ1) is 31.8. The van der Waals surface area contributed by atoms with Crippen LogP contribution in [-0.4, -0.2) is 76.2 Å². The first-order valence-electron chi connectivity index (χ1n) is 12.0. The van der Waals surface area contributed by atoms with Gasteiger partial charge in [-0.25, -0.2) is 0 Å². The highest BCUT2D eigenvalue weighted by molar-refractivity contribution is 6.37. The Hall–Kier alpha value is -2.42. The van der Waals surface area contributed by atoms with E-state index in [4.69, 9.17) is 30.5 Å². The second-order valence-electron chi connectivity index (χ2n) is 8.90. The molecule has 0 N–H and O–H groups in total. The van der Waals surface area contributed by atoms with Crippen LogP contribution in [0.5, 0.6) is 23.0 Å². The number of benzene rings is 3. The van der Waals surface area contributed by atoms with Crippen LogP contribution in [-0.2, 0) is 6.54 Å². The van der Waals surface area contributed by atoms with Gasteiger partial charge in [0.2, 0.25) is 5.75 Å². The second-order valence-corrected chi connectivity index (χ2v) is 9.28. The van der Waals surface area contributed by atoms with Crippen LogP contribution in [0.4, 0.5) is 0 Å². The average Bonchev–Trinajstić information content (AvgIpc) is 2.92. The van der Waals surface area contributed by atoms with Crippen LogP contribution >= 0.6 is 36.4 Å². The maximum atomic E-state index is 13.3. The molecule has 1 aliphatic rings. The molecule has 1 saturated heterocycles. The Morgan fingerprint density at radius 2 is 1.45 bits per heavy atom. The highest BCUT2D eigenvalue weighted by Crippen LogP contribution is 2.38. The number of hydrogen-bond donors (Lipinski definition) is 0. The molecule has 208 valence electrons. The maximum Gasteiger partial charge on any atom is 0.203 e. The van der Waals surface area contributed by atoms with Crippen LogP contribution in [0.25, 0.3) is 10.8 Å². The molecule has 1 atom stereocenters. The van der Waals surface area contributed by atoms with Gasteiger partial charge in [0.25, 0.3) is 0 Å². The molecule has 3 aromatic carbocycles. The van der Waals surface area contributed by atoms with E-state index in [1.165, 1.54) is 0 Å². The molecule has 0 amide bonds. The molecule has 0 radical (unpaired) electrons. The number of ether oxygens (including phenoxy) is 4. The molecule has 10 heteroatoms. The second kappa shape index (κ2) is 14.1. The van der Waals surface area contributed by atoms with Gasteiger partial charge in [-0.2, -0.15) is 0 Å². The molecule has 0 bridgehead atoms. The van der Waals surface area contributed by atoms with Gasteiger partial charge in [0.15, 0.2) is 17.3 Å². The Morgan fingerprint density at radius 3 is 2.00 bits per heavy atom. The van der Waals surface area contributed by atoms with E-state index in [0.717, 1.165) is 49.1 Å². The van der Waals surface area contributed by atoms with E-state index in [9.17, 15) is 4.79 Å². The van der Waals surface area contributed by atoms with E-state index in [1.807, 2.05) is 49.4 Å². The van der Waals surface area contributed by atoms with E-state index in [1.54, 1.807) is 28.4 Å². The van der Waals surface area contributed by atoms with Crippen molar-refractivity contribution in [2.24, 2.45) is 0 Å². The monoisotopic (exact) mass is 584 g/mol. The molecular formula is C28H35Cl3N2O5. The van der Waals surface area contributed by atoms with Crippen molar-refractivity contribution in [3.8, 4) is 23.0 Å². The van der Waals surface area contributed by atoms with Gasteiger partial charge in [-0.3, -0.25) is 14.6 Å². The largest absolute Gasteiger partial charge is 0.495 e. The fourth-order valence-electron chi connectivity index (χ4n) is 4.78. The molecule has 7 nitrogen and oxygen atoms in total. The fraction of sp³-hybridized carbons (Fsp3) is 0.393. The molecule has 0 aliphatic carbocycles. The standard InChI is InChI=1S/C28H33ClN2O5.2ClH/c1-18(27(32)21-6-8-22-20(16-21)7-9-23(33-2)26(22)29)31-12-10-30(11-13-31)17-19-14-24(34-3)28(36-5)25(15-19)35-4;;/h6-9,14-16,18H,10-13,17H2,1-5H3;2*1H. The Balaban J connectivity index is 0.00000253. The summed E-state index contributed by atoms with van der Waals surface area (Å²) in [5, 5.41) is 2.36. The van der Waals surface area contributed by atoms with E-state index in [0.29, 0.717) is 33.6 Å². The quantitative estimate of drug-likeness (QED) is 0.296. The van der Waals surface area contributed by atoms with Crippen LogP contribution in [0.3, 0.4) is 0 Å². The number of carbonyl (C=O) groups excluding carboxylic acids is 1. The molecule has 3 aromatic rings. The molecular weight excluding hydrogens is 551 g/mol. The summed E-state index contributed by atoms with van der Waals surface area (Å²) in [5.74, 6) is 2.64. The molecule has 1 unspecified atom stereocenters. The lowest BCUT2D eigenvalue weighted by molar-refractivity contribution is 0.0687. The lowest BCUT2D eigenvalue weighted by atomic mass is 9.99. The molecule has 0 saturated carbocycles. The third-order valence-corrected chi connectivity index (χ3v) is 7.28. The molecule has 1 aliphatic heterocycles. The number of nitrogens with zero attached hydrogens (tertiary/aromatic N) is 2. The van der Waals surface area contributed by atoms with E-state index in [-0.39, 0.29) is 36.6 Å². The van der Waals surface area contributed by atoms with Gasteiger partial charge >= 0.3 is 0 Å². The van der Waals surface area contributed by atoms with Gasteiger partial charge in [-0.05, 0) is 42.1 Å². The van der Waals surface area contributed by atoms with Crippen molar-refractivity contribution in [3.05, 3.63) is 58.6 Å². The van der Waals surface area contributed by atoms with Crippen molar-refractivity contribution in [1.82, 2.24) is 9.80 Å². The van der Waals surface area contributed by atoms with Gasteiger partial charge in [-0.1, -0.05) is 29.8 Å². The lowest BCUT2D eigenvalue weighted by Gasteiger charge is -2.37. The Morgan fingerprint density at radius 1 is 0.842 bits per heavy atom. The molecule has 1 heterocycles. The summed E-state index contributed by atoms with van der Waals surface area (Å²) in [4.78, 5) is 17.9. The molecule has 38 heavy (non-hydrogen) atoms. The first-order chi connectivity index (χ1) is 17.4. The van der Waals surface area contributed by atoms with Crippen LogP contribution in [0.1, 0.15) is 22.8 Å². The van der Waals surface area contributed by atoms with Gasteiger partial charge in [-0.15, -0.1) is 24.8 Å². The van der Waals surface area contributed by atoms with Gasteiger partial charge < -0.3 is 18.9 Å². The van der Waals surface area contributed by atoms with Crippen LogP contribution in [0.2, 0.25) is 5.02 Å². The number of carbonyl (C=O) groups is 1. The van der Waals surface area contributed by atoms with Crippen molar-refractivity contribution >= 4 is 53.0 Å². The summed E-state index contributed by atoms with van der Waals surface area (Å²) in [5.41, 5.74) is 1.78. The van der Waals surface area contributed by atoms with E-state index < -0.39 is 0 Å². The Kier molecular flexibility index (Phi) is 11.8. The molecule has 0 spiro atoms. The van der Waals surface area contributed by atoms with Gasteiger partial charge in [0.05, 0.1) is 39.5 Å². The minimum absolute atomic E-state index is 0. The number of fused-ring (bicyclic) bond motifs is 1. The zero-order valence-electron chi connectivity index (χ0n) is 22.3. The average molecular weight is 586 g/mol. The number of piperazine rings is 1. The smallest absolute Gasteiger partial charge is 0.203 e. The van der Waals surface area contributed by atoms with Crippen LogP contribution < -0.4 is 18.9 Å². The van der Waals surface area contributed by atoms with E-state index in [2.05, 4.69) is 9.80 Å². The number of rotatable bonds is 9. The Bertz CT molecular complexity index is 1220. The number of hydrogen-bond acceptors (Lipinski definition) is 7. The SMILES string of the molecule is COc1cc(CN2CCN(C(C)C(=O)c3ccc4c(Cl)c(OC)ccc4c3)CC2)cc(OC)c1OC.Cl.Cl. The van der Waals surface area contributed by atoms with Crippen LogP contribution in [0, 0.1) is 0 Å². The molecule has 4 rings (SSSR count). The van der Waals surface area contributed by atoms with Crippen molar-refractivity contribution in [2.45, 2.75) is 19.5 Å². The molecule has 0 aromatic heterocycles. The van der Waals surface area contributed by atoms with Crippen molar-refractivity contribution in [2.75, 3.05) is 54.6 Å². The predicted octanol–water partition coefficient (Wildman–Crippen LogP) is 5.76. The van der Waals surface area contributed by atoms with E-state index >= 15 is 0 Å². The third-order valence-electron chi connectivity index (χ3n) is 6.89. The summed E-state index contributed by atoms with van der Waals surface area (Å²) < 4.78 is 21.7. The third kappa shape index (κ3) is 6.58. The maximum absolute atomic E-state index is 13.3. The summed E-state index contributed by atoms with van der Waals surface area (Å²) in [6.07, 6.45) is 0. The molecule has 1 fully saturated rings. The van der Waals surface area contributed by atoms with Crippen molar-refractivity contribution in [3.63, 3.8) is 0 Å². The van der Waals surface area contributed by atoms with Crippen molar-refractivity contribution < 1.29 is 23.7 Å². The minimum Gasteiger partial charge on any atom is -0.495 e. The highest BCUT2D eigenvalue weighted by Gasteiger charge is 2.27. The topological polar surface area (TPSA) is 60.5 Å². The summed E-state index contributed by atoms with van der Waals surface area (Å²) in [6, 6.07) is 13.2. The number of ketones is 1. The van der Waals surface area contributed by atoms with Gasteiger partial charge in [0, 0.05) is 43.7 Å². The lowest BCUT2D eigenvalue weighted by Crippen LogP contribution is -2.51. The zero-order valence-corrected chi connectivity index (χ0v) is 24.7. The normalized spacial score (nSPS) is 14.7. The number of Topliss-reactive ketones (excluding diaryl/α,β-unsaturated/α-hetero) is 1. The highest BCUT2D eigenvalue weighted by atomic mass is 35.5. The summed E-state index contributed by atoms with van der Waals surface area (Å²) in [7, 11) is 6.45. The van der Waals surface area contributed by atoms with Crippen molar-refractivity contribution in [1.29, 1.82) is 0 Å². The Labute approximate surface area is 241 Å². The predicted molar refractivity (Wildman–Crippen MR) is 157 cm³/mol. The summed E-state index contributed by atoms with van der Waals surface area (Å²) in [6.45, 7) is 6.11. The van der Waals surface area contributed by atoms with Gasteiger partial charge in [0.1, 0.15) is 5.75 Å². The summed E-state index contributed by atoms with van der Waals surface area (Å²) >= 11 is 6.44. The number of methoxy groups -OCH3 is 4. The number of halogens is 3. The first-order valence-corrected chi connectivity index (χ1v) is 12.3. The fourth-order valence-corrected chi connectivity index (χ4v) is 5.10. The zero-order chi connectivity index (χ0) is 25.8. The minimum atomic E-state index is -0.209.